The second-order valence-electron chi connectivity index (χ2n) is 9.16. The summed E-state index contributed by atoms with van der Waals surface area (Å²) in [4.78, 5) is 15.0. The van der Waals surface area contributed by atoms with Crippen LogP contribution in [0.5, 0.6) is 0 Å². The smallest absolute Gasteiger partial charge is 0.224 e. The lowest BCUT2D eigenvalue weighted by Crippen LogP contribution is -2.46. The van der Waals surface area contributed by atoms with Crippen molar-refractivity contribution in [3.63, 3.8) is 0 Å². The summed E-state index contributed by atoms with van der Waals surface area (Å²) in [6, 6.07) is 10.5. The van der Waals surface area contributed by atoms with E-state index in [1.807, 2.05) is 30.9 Å². The van der Waals surface area contributed by atoms with Crippen molar-refractivity contribution in [2.75, 3.05) is 10.6 Å². The Labute approximate surface area is 205 Å². The summed E-state index contributed by atoms with van der Waals surface area (Å²) in [5, 5.41) is 14.1. The van der Waals surface area contributed by atoms with Gasteiger partial charge in [0.15, 0.2) is 0 Å². The summed E-state index contributed by atoms with van der Waals surface area (Å²) in [5.41, 5.74) is 12.2. The summed E-state index contributed by atoms with van der Waals surface area (Å²) in [6.45, 7) is 7.34. The fourth-order valence-corrected chi connectivity index (χ4v) is 7.26. The number of carbonyl (C=O) groups excluding carboxylic acids is 1. The van der Waals surface area contributed by atoms with E-state index in [2.05, 4.69) is 22.6 Å². The molecule has 3 aliphatic rings. The van der Waals surface area contributed by atoms with Crippen LogP contribution in [0.2, 0.25) is 0 Å². The van der Waals surface area contributed by atoms with Gasteiger partial charge in [0.25, 0.3) is 0 Å². The normalized spacial score (nSPS) is 26.0. The zero-order valence-electron chi connectivity index (χ0n) is 20.4. The molecular formula is C27H35N5OS. The van der Waals surface area contributed by atoms with Crippen LogP contribution >= 0.6 is 11.5 Å². The van der Waals surface area contributed by atoms with Gasteiger partial charge in [-0.1, -0.05) is 31.4 Å². The second kappa shape index (κ2) is 9.74. The number of nitrogens with one attached hydrogen (secondary N) is 3. The number of fused-ring (bicyclic) bond motifs is 8. The number of aromatic amines is 1. The predicted octanol–water partition coefficient (Wildman–Crippen LogP) is 6.73. The quantitative estimate of drug-likeness (QED) is 0.242. The van der Waals surface area contributed by atoms with Crippen LogP contribution in [-0.4, -0.2) is 22.7 Å². The molecule has 0 saturated heterocycles. The minimum Gasteiger partial charge on any atom is -0.398 e. The number of anilines is 2. The van der Waals surface area contributed by atoms with Crippen molar-refractivity contribution >= 4 is 51.5 Å². The Balaban J connectivity index is 0.000000510. The van der Waals surface area contributed by atoms with E-state index in [0.717, 1.165) is 16.8 Å². The van der Waals surface area contributed by atoms with Crippen molar-refractivity contribution in [3.05, 3.63) is 47.0 Å². The van der Waals surface area contributed by atoms with Gasteiger partial charge in [-0.25, -0.2) is 0 Å². The van der Waals surface area contributed by atoms with Crippen molar-refractivity contribution in [2.24, 2.45) is 17.8 Å². The first-order valence-corrected chi connectivity index (χ1v) is 13.1. The SMILES string of the molecule is CC.CC(=O)N1c2ccc(N)c(C=N)c2C2C3CCC(C3)[C@H]2[C@@H]1c1ccc2[nH]sc2c1.CC=N. The molecule has 2 aromatic carbocycles. The minimum absolute atomic E-state index is 0.0500. The van der Waals surface area contributed by atoms with Gasteiger partial charge < -0.3 is 25.8 Å². The average Bonchev–Trinajstić information content (AvgIpc) is 3.43. The molecule has 2 saturated carbocycles. The molecule has 2 fully saturated rings. The number of amides is 1. The topological polar surface area (TPSA) is 110 Å². The molecule has 2 heterocycles. The van der Waals surface area contributed by atoms with E-state index < -0.39 is 0 Å². The van der Waals surface area contributed by atoms with Crippen molar-refractivity contribution in [3.8, 4) is 0 Å². The number of nitrogens with zero attached hydrogens (tertiary/aromatic N) is 1. The summed E-state index contributed by atoms with van der Waals surface area (Å²) in [5.74, 6) is 2.08. The molecule has 0 radical (unpaired) electrons. The molecule has 180 valence electrons. The molecule has 5 N–H and O–H groups in total. The van der Waals surface area contributed by atoms with E-state index in [4.69, 9.17) is 16.6 Å². The third-order valence-electron chi connectivity index (χ3n) is 7.62. The van der Waals surface area contributed by atoms with Gasteiger partial charge in [-0.15, -0.1) is 0 Å². The Morgan fingerprint density at radius 2 is 1.88 bits per heavy atom. The van der Waals surface area contributed by atoms with Gasteiger partial charge in [-0.3, -0.25) is 4.79 Å². The van der Waals surface area contributed by atoms with Crippen LogP contribution in [0.4, 0.5) is 11.4 Å². The number of aromatic nitrogens is 1. The summed E-state index contributed by atoms with van der Waals surface area (Å²) < 4.78 is 4.52. The standard InChI is InChI=1S/C23H24N4OS.C2H5N.C2H6/c1-11(28)27-18-7-5-16(25)15(10-24)22(18)20-12-2-3-13(8-12)21(20)23(27)14-4-6-17-19(9-14)29-26-17;1-2-3;1-2/h4-7,9-10,12-13,20-21,23-24,26H,2-3,8,25H2,1H3;2-3H,1H3;1-2H3/t12?,13?,20?,21-,23+;;/m1../s1. The third-order valence-corrected chi connectivity index (χ3v) is 8.50. The molecule has 2 bridgehead atoms. The lowest BCUT2D eigenvalue weighted by Gasteiger charge is -2.49. The van der Waals surface area contributed by atoms with Gasteiger partial charge in [0.1, 0.15) is 0 Å². The maximum Gasteiger partial charge on any atom is 0.224 e. The third kappa shape index (κ3) is 3.66. The van der Waals surface area contributed by atoms with E-state index in [1.54, 1.807) is 25.4 Å². The molecular weight excluding hydrogens is 442 g/mol. The highest BCUT2D eigenvalue weighted by Gasteiger charge is 2.57. The molecule has 6 nitrogen and oxygen atoms in total. The molecule has 2 aliphatic carbocycles. The van der Waals surface area contributed by atoms with E-state index in [1.165, 1.54) is 47.5 Å². The van der Waals surface area contributed by atoms with Crippen molar-refractivity contribution in [1.29, 1.82) is 10.8 Å². The number of benzene rings is 2. The maximum atomic E-state index is 13.0. The van der Waals surface area contributed by atoms with Gasteiger partial charge in [0, 0.05) is 30.1 Å². The largest absolute Gasteiger partial charge is 0.398 e. The van der Waals surface area contributed by atoms with E-state index in [0.29, 0.717) is 29.4 Å². The zero-order chi connectivity index (χ0) is 24.6. The Kier molecular flexibility index (Phi) is 6.94. The van der Waals surface area contributed by atoms with Crippen molar-refractivity contribution in [1.82, 2.24) is 4.37 Å². The molecule has 1 aromatic heterocycles. The molecule has 34 heavy (non-hydrogen) atoms. The molecule has 1 amide bonds. The number of hydrogen-bond donors (Lipinski definition) is 4. The van der Waals surface area contributed by atoms with Gasteiger partial charge in [0.2, 0.25) is 5.91 Å². The Morgan fingerprint density at radius 1 is 1.18 bits per heavy atom. The molecule has 7 heteroatoms. The Morgan fingerprint density at radius 3 is 2.47 bits per heavy atom. The fraction of sp³-hybridized carbons (Fsp3) is 0.444. The first kappa shape index (κ1) is 24.2. The molecule has 6 rings (SSSR count). The zero-order valence-corrected chi connectivity index (χ0v) is 21.2. The number of rotatable bonds is 2. The van der Waals surface area contributed by atoms with Crippen LogP contribution in [0.15, 0.2) is 30.3 Å². The monoisotopic (exact) mass is 477 g/mol. The van der Waals surface area contributed by atoms with Gasteiger partial charge in [0.05, 0.1) is 16.3 Å². The molecule has 3 aromatic rings. The van der Waals surface area contributed by atoms with E-state index >= 15 is 0 Å². The van der Waals surface area contributed by atoms with Gasteiger partial charge in [-0.2, -0.15) is 0 Å². The van der Waals surface area contributed by atoms with Crippen LogP contribution in [0.25, 0.3) is 10.2 Å². The van der Waals surface area contributed by atoms with Crippen LogP contribution in [0.3, 0.4) is 0 Å². The second-order valence-corrected chi connectivity index (χ2v) is 10.0. The first-order valence-electron chi connectivity index (χ1n) is 12.2. The Bertz CT molecular complexity index is 1210. The van der Waals surface area contributed by atoms with Crippen LogP contribution in [0, 0.1) is 28.6 Å². The summed E-state index contributed by atoms with van der Waals surface area (Å²) in [6.07, 6.45) is 6.36. The molecule has 5 atom stereocenters. The van der Waals surface area contributed by atoms with E-state index in [-0.39, 0.29) is 11.9 Å². The van der Waals surface area contributed by atoms with Crippen molar-refractivity contribution in [2.45, 2.75) is 58.9 Å². The number of H-pyrrole nitrogens is 1. The number of nitrogens with two attached hydrogens (primary N) is 1. The highest BCUT2D eigenvalue weighted by Crippen LogP contribution is 2.66. The highest BCUT2D eigenvalue weighted by atomic mass is 32.1. The highest BCUT2D eigenvalue weighted by molar-refractivity contribution is 7.15. The lowest BCUT2D eigenvalue weighted by atomic mass is 9.66. The average molecular weight is 478 g/mol. The minimum atomic E-state index is 0.0500. The number of hydrogen-bond acceptors (Lipinski definition) is 5. The van der Waals surface area contributed by atoms with Crippen LogP contribution in [-0.2, 0) is 4.79 Å². The van der Waals surface area contributed by atoms with E-state index in [9.17, 15) is 4.79 Å². The van der Waals surface area contributed by atoms with Crippen LogP contribution < -0.4 is 10.6 Å². The fourth-order valence-electron chi connectivity index (χ4n) is 6.60. The number of nitrogen functional groups attached to an aromatic ring is 1. The maximum absolute atomic E-state index is 13.0. The molecule has 1 aliphatic heterocycles. The van der Waals surface area contributed by atoms with Gasteiger partial charge in [-0.05, 0) is 91.5 Å². The first-order chi connectivity index (χ1) is 16.5. The predicted molar refractivity (Wildman–Crippen MR) is 144 cm³/mol. The molecule has 0 spiro atoms. The number of carbonyl (C=O) groups is 1. The summed E-state index contributed by atoms with van der Waals surface area (Å²) >= 11 is 1.65. The van der Waals surface area contributed by atoms with Crippen molar-refractivity contribution < 1.29 is 4.79 Å². The lowest BCUT2D eigenvalue weighted by molar-refractivity contribution is -0.117. The molecule has 3 unspecified atom stereocenters. The van der Waals surface area contributed by atoms with Crippen LogP contribution in [0.1, 0.15) is 75.6 Å². The summed E-state index contributed by atoms with van der Waals surface area (Å²) in [7, 11) is 0. The Hall–Kier alpha value is -2.93. The van der Waals surface area contributed by atoms with Gasteiger partial charge >= 0.3 is 0 Å².